The summed E-state index contributed by atoms with van der Waals surface area (Å²) in [5.41, 5.74) is 22.9. The summed E-state index contributed by atoms with van der Waals surface area (Å²) in [4.78, 5) is 2.46. The molecule has 2 aliphatic rings. The van der Waals surface area contributed by atoms with Crippen LogP contribution in [0, 0.1) is 0 Å². The fraction of sp³-hybridized carbons (Fsp3) is 0.0938. The van der Waals surface area contributed by atoms with E-state index in [4.69, 9.17) is 4.42 Å². The standard InChI is InChI=1S/C64H47NO/c1-63(2)56-17-11-10-16-51(56)53-32-29-48(38-58(53)63)65(49-30-33-54-52-31-24-46(40-12-6-5-7-13-40)37-57(52)64(3,4)59(54)39-49)47-27-22-42(23-28-47)41-18-20-43(21-19-41)45-26-34-60-55(36-45)62-50-15-9-8-14-44(50)25-35-61(62)66-60/h5-39H,1-4H3. The molecule has 1 aromatic heterocycles. The van der Waals surface area contributed by atoms with E-state index in [1.807, 2.05) is 0 Å². The highest BCUT2D eigenvalue weighted by molar-refractivity contribution is 6.19. The van der Waals surface area contributed by atoms with Crippen LogP contribution in [-0.2, 0) is 10.8 Å². The van der Waals surface area contributed by atoms with Crippen LogP contribution in [0.1, 0.15) is 49.9 Å². The van der Waals surface area contributed by atoms with Crippen molar-refractivity contribution < 1.29 is 4.42 Å². The van der Waals surface area contributed by atoms with Gasteiger partial charge in [0.15, 0.2) is 0 Å². The van der Waals surface area contributed by atoms with Crippen LogP contribution >= 0.6 is 0 Å². The van der Waals surface area contributed by atoms with E-state index in [9.17, 15) is 0 Å². The molecule has 66 heavy (non-hydrogen) atoms. The van der Waals surface area contributed by atoms with Crippen LogP contribution in [0.5, 0.6) is 0 Å². The van der Waals surface area contributed by atoms with E-state index in [1.54, 1.807) is 0 Å². The Morgan fingerprint density at radius 2 is 0.788 bits per heavy atom. The van der Waals surface area contributed by atoms with Gasteiger partial charge in [-0.25, -0.2) is 0 Å². The smallest absolute Gasteiger partial charge is 0.136 e. The Balaban J connectivity index is 0.873. The molecule has 0 N–H and O–H groups in total. The van der Waals surface area contributed by atoms with Gasteiger partial charge in [0.25, 0.3) is 0 Å². The fourth-order valence-electron chi connectivity index (χ4n) is 11.3. The first kappa shape index (κ1) is 38.5. The molecule has 0 unspecified atom stereocenters. The highest BCUT2D eigenvalue weighted by Crippen LogP contribution is 2.54. The Kier molecular flexibility index (Phi) is 8.33. The first-order chi connectivity index (χ1) is 32.2. The maximum atomic E-state index is 6.31. The summed E-state index contributed by atoms with van der Waals surface area (Å²) in [6, 6.07) is 78.4. The van der Waals surface area contributed by atoms with E-state index < -0.39 is 0 Å². The molecule has 0 radical (unpaired) electrons. The van der Waals surface area contributed by atoms with Crippen LogP contribution in [0.2, 0.25) is 0 Å². The van der Waals surface area contributed by atoms with Crippen LogP contribution in [-0.4, -0.2) is 0 Å². The lowest BCUT2D eigenvalue weighted by Crippen LogP contribution is -2.18. The predicted octanol–water partition coefficient (Wildman–Crippen LogP) is 17.8. The summed E-state index contributed by atoms with van der Waals surface area (Å²) in [5, 5.41) is 4.76. The zero-order chi connectivity index (χ0) is 44.3. The number of nitrogens with zero attached hydrogens (tertiary/aromatic N) is 1. The number of rotatable bonds is 6. The third-order valence-corrected chi connectivity index (χ3v) is 14.9. The predicted molar refractivity (Wildman–Crippen MR) is 277 cm³/mol. The summed E-state index contributed by atoms with van der Waals surface area (Å²) in [6.07, 6.45) is 0. The van der Waals surface area contributed by atoms with Crippen LogP contribution < -0.4 is 4.90 Å². The van der Waals surface area contributed by atoms with Gasteiger partial charge in [0.2, 0.25) is 0 Å². The van der Waals surface area contributed by atoms with Crippen LogP contribution in [0.4, 0.5) is 17.1 Å². The van der Waals surface area contributed by atoms with Gasteiger partial charge in [-0.1, -0.05) is 179 Å². The summed E-state index contributed by atoms with van der Waals surface area (Å²) >= 11 is 0. The maximum Gasteiger partial charge on any atom is 0.136 e. The molecule has 0 bridgehead atoms. The van der Waals surface area contributed by atoms with Gasteiger partial charge in [0.05, 0.1) is 0 Å². The number of benzene rings is 10. The second-order valence-electron chi connectivity index (χ2n) is 19.3. The SMILES string of the molecule is CC1(C)c2ccccc2-c2ccc(N(c3ccc(-c4ccc(-c5ccc6oc7ccc8ccccc8c7c6c5)cc4)cc3)c3ccc4c(c3)C(C)(C)c3cc(-c5ccccc5)ccc3-4)cc21. The van der Waals surface area contributed by atoms with Crippen molar-refractivity contribution >= 4 is 49.8 Å². The first-order valence-electron chi connectivity index (χ1n) is 23.2. The monoisotopic (exact) mass is 845 g/mol. The van der Waals surface area contributed by atoms with E-state index >= 15 is 0 Å². The van der Waals surface area contributed by atoms with Gasteiger partial charge >= 0.3 is 0 Å². The van der Waals surface area contributed by atoms with E-state index in [2.05, 4.69) is 245 Å². The molecule has 13 rings (SSSR count). The fourth-order valence-corrected chi connectivity index (χ4v) is 11.3. The van der Waals surface area contributed by atoms with Crippen molar-refractivity contribution in [1.82, 2.24) is 0 Å². The Bertz CT molecular complexity index is 3740. The van der Waals surface area contributed by atoms with Gasteiger partial charge in [-0.2, -0.15) is 0 Å². The molecular weight excluding hydrogens is 799 g/mol. The molecular formula is C64H47NO. The quantitative estimate of drug-likeness (QED) is 0.166. The van der Waals surface area contributed by atoms with Gasteiger partial charge in [-0.15, -0.1) is 0 Å². The lowest BCUT2D eigenvalue weighted by atomic mass is 9.81. The number of fused-ring (bicyclic) bond motifs is 11. The van der Waals surface area contributed by atoms with Gasteiger partial charge in [-0.05, 0) is 149 Å². The molecule has 2 heteroatoms. The maximum absolute atomic E-state index is 6.31. The van der Waals surface area contributed by atoms with Crippen molar-refractivity contribution in [2.45, 2.75) is 38.5 Å². The van der Waals surface area contributed by atoms with Gasteiger partial charge < -0.3 is 9.32 Å². The Hall–Kier alpha value is -7.94. The minimum absolute atomic E-state index is 0.117. The molecule has 0 saturated heterocycles. The van der Waals surface area contributed by atoms with Crippen molar-refractivity contribution in [3.8, 4) is 55.6 Å². The van der Waals surface area contributed by atoms with Crippen LogP contribution in [0.15, 0.2) is 217 Å². The van der Waals surface area contributed by atoms with Gasteiger partial charge in [-0.3, -0.25) is 0 Å². The van der Waals surface area contributed by atoms with Gasteiger partial charge in [0.1, 0.15) is 11.2 Å². The average molecular weight is 846 g/mol. The van der Waals surface area contributed by atoms with Crippen LogP contribution in [0.25, 0.3) is 88.3 Å². The largest absolute Gasteiger partial charge is 0.456 e. The molecule has 0 amide bonds. The average Bonchev–Trinajstić information content (AvgIpc) is 3.93. The summed E-state index contributed by atoms with van der Waals surface area (Å²) < 4.78 is 6.31. The molecule has 0 aliphatic heterocycles. The molecule has 0 saturated carbocycles. The molecule has 0 fully saturated rings. The van der Waals surface area contributed by atoms with Crippen LogP contribution in [0.3, 0.4) is 0 Å². The number of furan rings is 1. The zero-order valence-electron chi connectivity index (χ0n) is 37.6. The highest BCUT2D eigenvalue weighted by atomic mass is 16.3. The molecule has 314 valence electrons. The van der Waals surface area contributed by atoms with Crippen molar-refractivity contribution in [3.05, 3.63) is 235 Å². The third-order valence-electron chi connectivity index (χ3n) is 14.9. The molecule has 1 heterocycles. The van der Waals surface area contributed by atoms with Crippen molar-refractivity contribution in [2.75, 3.05) is 4.90 Å². The third kappa shape index (κ3) is 5.81. The Labute approximate surface area is 386 Å². The van der Waals surface area contributed by atoms with E-state index in [0.717, 1.165) is 33.6 Å². The molecule has 2 aliphatic carbocycles. The Morgan fingerprint density at radius 1 is 0.318 bits per heavy atom. The molecule has 10 aromatic carbocycles. The lowest BCUT2D eigenvalue weighted by molar-refractivity contribution is 0.660. The van der Waals surface area contributed by atoms with E-state index in [1.165, 1.54) is 94.0 Å². The minimum atomic E-state index is -0.179. The van der Waals surface area contributed by atoms with Gasteiger partial charge in [0, 0.05) is 38.7 Å². The second kappa shape index (κ2) is 14.3. The Morgan fingerprint density at radius 3 is 1.50 bits per heavy atom. The minimum Gasteiger partial charge on any atom is -0.456 e. The van der Waals surface area contributed by atoms with Crippen molar-refractivity contribution in [2.24, 2.45) is 0 Å². The highest BCUT2D eigenvalue weighted by Gasteiger charge is 2.38. The normalized spacial score (nSPS) is 14.0. The molecule has 0 atom stereocenters. The lowest BCUT2D eigenvalue weighted by Gasteiger charge is -2.30. The van der Waals surface area contributed by atoms with Crippen molar-refractivity contribution in [3.63, 3.8) is 0 Å². The molecule has 11 aromatic rings. The summed E-state index contributed by atoms with van der Waals surface area (Å²) in [7, 11) is 0. The summed E-state index contributed by atoms with van der Waals surface area (Å²) in [6.45, 7) is 9.50. The number of anilines is 3. The van der Waals surface area contributed by atoms with E-state index in [0.29, 0.717) is 0 Å². The first-order valence-corrected chi connectivity index (χ1v) is 23.2. The van der Waals surface area contributed by atoms with E-state index in [-0.39, 0.29) is 10.8 Å². The molecule has 2 nitrogen and oxygen atoms in total. The number of hydrogen-bond donors (Lipinski definition) is 0. The molecule has 0 spiro atoms. The number of hydrogen-bond acceptors (Lipinski definition) is 2. The summed E-state index contributed by atoms with van der Waals surface area (Å²) in [5.74, 6) is 0. The topological polar surface area (TPSA) is 16.4 Å². The zero-order valence-corrected chi connectivity index (χ0v) is 37.6. The second-order valence-corrected chi connectivity index (χ2v) is 19.3. The van der Waals surface area contributed by atoms with Crippen molar-refractivity contribution in [1.29, 1.82) is 0 Å².